The average Bonchev–Trinajstić information content (AvgIpc) is 2.39. The Balaban J connectivity index is 2.40. The molecule has 0 radical (unpaired) electrons. The first-order chi connectivity index (χ1) is 9.45. The van der Waals surface area contributed by atoms with Crippen molar-refractivity contribution in [3.05, 3.63) is 29.8 Å². The highest BCUT2D eigenvalue weighted by Crippen LogP contribution is 2.09. The van der Waals surface area contributed by atoms with Crippen molar-refractivity contribution < 1.29 is 17.9 Å². The summed E-state index contributed by atoms with van der Waals surface area (Å²) < 4.78 is 31.0. The molecule has 1 aromatic carbocycles. The molecule has 1 rings (SSSR count). The number of sulfonamides is 1. The smallest absolute Gasteiger partial charge is 0.240 e. The summed E-state index contributed by atoms with van der Waals surface area (Å²) in [6, 6.07) is 6.53. The van der Waals surface area contributed by atoms with Crippen molar-refractivity contribution >= 4 is 15.9 Å². The van der Waals surface area contributed by atoms with Crippen LogP contribution >= 0.6 is 0 Å². The number of amides is 1. The van der Waals surface area contributed by atoms with Gasteiger partial charge in [0.05, 0.1) is 11.5 Å². The molecule has 0 heterocycles. The number of ether oxygens (including phenoxy) is 1. The Morgan fingerprint density at radius 3 is 2.45 bits per heavy atom. The normalized spacial score (nSPS) is 11.3. The van der Waals surface area contributed by atoms with Gasteiger partial charge in [0.25, 0.3) is 0 Å². The minimum Gasteiger partial charge on any atom is -0.383 e. The van der Waals surface area contributed by atoms with E-state index in [2.05, 4.69) is 10.0 Å². The van der Waals surface area contributed by atoms with Crippen LogP contribution in [0.5, 0.6) is 0 Å². The number of methoxy groups -OCH3 is 1. The lowest BCUT2D eigenvalue weighted by atomic mass is 10.2. The van der Waals surface area contributed by atoms with Crippen molar-refractivity contribution in [2.24, 2.45) is 0 Å². The summed E-state index contributed by atoms with van der Waals surface area (Å²) in [4.78, 5) is 11.6. The van der Waals surface area contributed by atoms with E-state index >= 15 is 0 Å². The predicted octanol–water partition coefficient (Wildman–Crippen LogP) is 0.426. The Morgan fingerprint density at radius 1 is 1.20 bits per heavy atom. The molecule has 0 spiro atoms. The van der Waals surface area contributed by atoms with Crippen molar-refractivity contribution in [1.82, 2.24) is 10.0 Å². The zero-order valence-electron chi connectivity index (χ0n) is 11.7. The fourth-order valence-electron chi connectivity index (χ4n) is 1.48. The van der Waals surface area contributed by atoms with Gasteiger partial charge in [0.1, 0.15) is 0 Å². The van der Waals surface area contributed by atoms with Crippen LogP contribution < -0.4 is 10.0 Å². The molecule has 0 saturated heterocycles. The summed E-state index contributed by atoms with van der Waals surface area (Å²) in [5, 5.41) is 2.62. The molecule has 1 amide bonds. The van der Waals surface area contributed by atoms with Crippen LogP contribution in [0.2, 0.25) is 0 Å². The lowest BCUT2D eigenvalue weighted by Crippen LogP contribution is -2.32. The molecule has 0 aliphatic rings. The van der Waals surface area contributed by atoms with Gasteiger partial charge in [0.2, 0.25) is 15.9 Å². The maximum atomic E-state index is 11.9. The maximum absolute atomic E-state index is 11.9. The molecule has 0 saturated carbocycles. The molecule has 7 heteroatoms. The predicted molar refractivity (Wildman–Crippen MR) is 75.9 cm³/mol. The van der Waals surface area contributed by atoms with E-state index < -0.39 is 10.0 Å². The third kappa shape index (κ3) is 5.68. The molecule has 0 aliphatic heterocycles. The standard InChI is InChI=1S/C13H20N2O4S/c1-11-3-5-12(6-4-11)20(17,18)15-8-7-13(16)14-9-10-19-2/h3-6,15H,7-10H2,1-2H3,(H,14,16). The van der Waals surface area contributed by atoms with E-state index in [-0.39, 0.29) is 23.8 Å². The third-order valence-corrected chi connectivity index (χ3v) is 4.08. The van der Waals surface area contributed by atoms with Crippen LogP contribution in [0, 0.1) is 6.92 Å². The Labute approximate surface area is 119 Å². The molecular formula is C13H20N2O4S. The van der Waals surface area contributed by atoms with Crippen LogP contribution in [0.4, 0.5) is 0 Å². The number of benzene rings is 1. The van der Waals surface area contributed by atoms with Gasteiger partial charge in [0.15, 0.2) is 0 Å². The second-order valence-corrected chi connectivity index (χ2v) is 6.07. The summed E-state index contributed by atoms with van der Waals surface area (Å²) in [6.07, 6.45) is 0.0921. The first-order valence-electron chi connectivity index (χ1n) is 6.27. The van der Waals surface area contributed by atoms with E-state index in [1.165, 1.54) is 12.1 Å². The molecule has 0 aliphatic carbocycles. The molecular weight excluding hydrogens is 280 g/mol. The van der Waals surface area contributed by atoms with Crippen molar-refractivity contribution in [2.45, 2.75) is 18.2 Å². The highest BCUT2D eigenvalue weighted by atomic mass is 32.2. The van der Waals surface area contributed by atoms with Crippen LogP contribution in [-0.4, -0.2) is 41.1 Å². The highest BCUT2D eigenvalue weighted by Gasteiger charge is 2.13. The first-order valence-corrected chi connectivity index (χ1v) is 7.76. The SMILES string of the molecule is COCCNC(=O)CCNS(=O)(=O)c1ccc(C)cc1. The quantitative estimate of drug-likeness (QED) is 0.682. The highest BCUT2D eigenvalue weighted by molar-refractivity contribution is 7.89. The molecule has 0 atom stereocenters. The zero-order valence-corrected chi connectivity index (χ0v) is 12.5. The van der Waals surface area contributed by atoms with E-state index in [0.29, 0.717) is 13.2 Å². The lowest BCUT2D eigenvalue weighted by Gasteiger charge is -2.07. The first kappa shape index (κ1) is 16.6. The number of aryl methyl sites for hydroxylation is 1. The minimum atomic E-state index is -3.55. The van der Waals surface area contributed by atoms with Crippen molar-refractivity contribution in [3.8, 4) is 0 Å². The van der Waals surface area contributed by atoms with Crippen LogP contribution in [0.3, 0.4) is 0 Å². The van der Waals surface area contributed by atoms with Gasteiger partial charge in [-0.25, -0.2) is 13.1 Å². The molecule has 0 unspecified atom stereocenters. The van der Waals surface area contributed by atoms with Crippen LogP contribution in [0.1, 0.15) is 12.0 Å². The second-order valence-electron chi connectivity index (χ2n) is 4.30. The topological polar surface area (TPSA) is 84.5 Å². The largest absolute Gasteiger partial charge is 0.383 e. The summed E-state index contributed by atoms with van der Waals surface area (Å²) in [7, 11) is -2.01. The molecule has 0 fully saturated rings. The number of carbonyl (C=O) groups is 1. The Hall–Kier alpha value is -1.44. The molecule has 6 nitrogen and oxygen atoms in total. The molecule has 1 aromatic rings. The molecule has 20 heavy (non-hydrogen) atoms. The van der Waals surface area contributed by atoms with Gasteiger partial charge in [0, 0.05) is 26.6 Å². The molecule has 0 aromatic heterocycles. The summed E-state index contributed by atoms with van der Waals surface area (Å²) in [6.45, 7) is 2.80. The third-order valence-electron chi connectivity index (χ3n) is 2.60. The Morgan fingerprint density at radius 2 is 1.85 bits per heavy atom. The zero-order chi connectivity index (χ0) is 15.0. The summed E-state index contributed by atoms with van der Waals surface area (Å²) in [5.74, 6) is -0.214. The van der Waals surface area contributed by atoms with E-state index in [1.54, 1.807) is 19.2 Å². The van der Waals surface area contributed by atoms with Crippen molar-refractivity contribution in [2.75, 3.05) is 26.8 Å². The monoisotopic (exact) mass is 300 g/mol. The van der Waals surface area contributed by atoms with E-state index in [1.807, 2.05) is 6.92 Å². The van der Waals surface area contributed by atoms with Crippen LogP contribution in [0.25, 0.3) is 0 Å². The number of rotatable bonds is 8. The van der Waals surface area contributed by atoms with Gasteiger partial charge in [-0.2, -0.15) is 0 Å². The second kappa shape index (κ2) is 7.98. The minimum absolute atomic E-state index is 0.0645. The fourth-order valence-corrected chi connectivity index (χ4v) is 2.51. The van der Waals surface area contributed by atoms with E-state index in [0.717, 1.165) is 5.56 Å². The fraction of sp³-hybridized carbons (Fsp3) is 0.462. The van der Waals surface area contributed by atoms with Gasteiger partial charge in [-0.3, -0.25) is 4.79 Å². The average molecular weight is 300 g/mol. The molecule has 0 bridgehead atoms. The number of carbonyl (C=O) groups excluding carboxylic acids is 1. The van der Waals surface area contributed by atoms with Crippen LogP contribution in [-0.2, 0) is 19.6 Å². The van der Waals surface area contributed by atoms with E-state index in [4.69, 9.17) is 4.74 Å². The van der Waals surface area contributed by atoms with E-state index in [9.17, 15) is 13.2 Å². The molecule has 112 valence electrons. The van der Waals surface area contributed by atoms with Gasteiger partial charge >= 0.3 is 0 Å². The Bertz CT molecular complexity index is 526. The number of hydrogen-bond donors (Lipinski definition) is 2. The Kier molecular flexibility index (Phi) is 6.63. The summed E-state index contributed by atoms with van der Waals surface area (Å²) >= 11 is 0. The van der Waals surface area contributed by atoms with Gasteiger partial charge in [-0.15, -0.1) is 0 Å². The van der Waals surface area contributed by atoms with Gasteiger partial charge in [-0.1, -0.05) is 17.7 Å². The van der Waals surface area contributed by atoms with Gasteiger partial charge in [-0.05, 0) is 19.1 Å². The van der Waals surface area contributed by atoms with Crippen LogP contribution in [0.15, 0.2) is 29.2 Å². The summed E-state index contributed by atoms with van der Waals surface area (Å²) in [5.41, 5.74) is 0.987. The lowest BCUT2D eigenvalue weighted by molar-refractivity contribution is -0.121. The van der Waals surface area contributed by atoms with Crippen molar-refractivity contribution in [3.63, 3.8) is 0 Å². The van der Waals surface area contributed by atoms with Crippen molar-refractivity contribution in [1.29, 1.82) is 0 Å². The maximum Gasteiger partial charge on any atom is 0.240 e. The van der Waals surface area contributed by atoms with Gasteiger partial charge < -0.3 is 10.1 Å². The number of nitrogens with one attached hydrogen (secondary N) is 2. The number of hydrogen-bond acceptors (Lipinski definition) is 4. The molecule has 2 N–H and O–H groups in total.